The molecule has 1 aromatic rings. The van der Waals surface area contributed by atoms with Crippen LogP contribution in [0.15, 0.2) is 18.2 Å². The van der Waals surface area contributed by atoms with Gasteiger partial charge in [-0.2, -0.15) is 0 Å². The summed E-state index contributed by atoms with van der Waals surface area (Å²) in [7, 11) is 0. The van der Waals surface area contributed by atoms with Crippen molar-refractivity contribution in [1.82, 2.24) is 0 Å². The number of nitrogens with two attached hydrogens (primary N) is 1. The lowest BCUT2D eigenvalue weighted by Crippen LogP contribution is -2.13. The van der Waals surface area contributed by atoms with E-state index in [1.165, 1.54) is 38.2 Å². The second kappa shape index (κ2) is 6.01. The van der Waals surface area contributed by atoms with Gasteiger partial charge in [0.15, 0.2) is 0 Å². The van der Waals surface area contributed by atoms with E-state index in [0.717, 1.165) is 6.61 Å². The molecule has 2 nitrogen and oxygen atoms in total. The van der Waals surface area contributed by atoms with Gasteiger partial charge in [0.1, 0.15) is 5.82 Å². The lowest BCUT2D eigenvalue weighted by molar-refractivity contribution is 0.0723. The summed E-state index contributed by atoms with van der Waals surface area (Å²) >= 11 is 0. The SMILES string of the molecule is Nc1ccc(COCC2CCCCC2)c(F)c1. The molecule has 0 unspecified atom stereocenters. The second-order valence-electron chi connectivity index (χ2n) is 4.87. The molecule has 1 aliphatic carbocycles. The van der Waals surface area contributed by atoms with Gasteiger partial charge in [0.25, 0.3) is 0 Å². The Labute approximate surface area is 102 Å². The molecule has 94 valence electrons. The summed E-state index contributed by atoms with van der Waals surface area (Å²) in [6, 6.07) is 4.76. The van der Waals surface area contributed by atoms with E-state index in [2.05, 4.69) is 0 Å². The zero-order valence-corrected chi connectivity index (χ0v) is 10.1. The molecule has 1 aliphatic rings. The normalized spacial score (nSPS) is 17.2. The average molecular weight is 237 g/mol. The molecule has 0 saturated heterocycles. The number of hydrogen-bond acceptors (Lipinski definition) is 2. The maximum atomic E-state index is 13.5. The minimum Gasteiger partial charge on any atom is -0.399 e. The topological polar surface area (TPSA) is 35.2 Å². The maximum Gasteiger partial charge on any atom is 0.130 e. The van der Waals surface area contributed by atoms with Crippen molar-refractivity contribution in [1.29, 1.82) is 0 Å². The van der Waals surface area contributed by atoms with E-state index >= 15 is 0 Å². The molecule has 2 N–H and O–H groups in total. The van der Waals surface area contributed by atoms with E-state index in [0.29, 0.717) is 23.8 Å². The van der Waals surface area contributed by atoms with E-state index in [9.17, 15) is 4.39 Å². The number of rotatable bonds is 4. The molecule has 0 amide bonds. The van der Waals surface area contributed by atoms with Gasteiger partial charge in [0, 0.05) is 17.9 Å². The van der Waals surface area contributed by atoms with E-state index in [1.807, 2.05) is 0 Å². The summed E-state index contributed by atoms with van der Waals surface area (Å²) in [4.78, 5) is 0. The largest absolute Gasteiger partial charge is 0.399 e. The Hall–Kier alpha value is -1.09. The van der Waals surface area contributed by atoms with Gasteiger partial charge < -0.3 is 10.5 Å². The first kappa shape index (κ1) is 12.4. The van der Waals surface area contributed by atoms with Gasteiger partial charge in [0.05, 0.1) is 6.61 Å². The average Bonchev–Trinajstić information content (AvgIpc) is 2.33. The predicted molar refractivity (Wildman–Crippen MR) is 67.0 cm³/mol. The van der Waals surface area contributed by atoms with Crippen molar-refractivity contribution in [3.8, 4) is 0 Å². The van der Waals surface area contributed by atoms with Crippen molar-refractivity contribution >= 4 is 5.69 Å². The third-order valence-corrected chi connectivity index (χ3v) is 3.41. The number of nitrogen functional groups attached to an aromatic ring is 1. The van der Waals surface area contributed by atoms with Crippen LogP contribution in [-0.2, 0) is 11.3 Å². The number of anilines is 1. The van der Waals surface area contributed by atoms with Crippen molar-refractivity contribution in [2.24, 2.45) is 5.92 Å². The number of hydrogen-bond donors (Lipinski definition) is 1. The van der Waals surface area contributed by atoms with Crippen LogP contribution in [0.25, 0.3) is 0 Å². The minimum atomic E-state index is -0.270. The molecule has 0 heterocycles. The molecule has 0 bridgehead atoms. The van der Waals surface area contributed by atoms with Gasteiger partial charge in [-0.3, -0.25) is 0 Å². The second-order valence-corrected chi connectivity index (χ2v) is 4.87. The van der Waals surface area contributed by atoms with Crippen molar-refractivity contribution in [3.63, 3.8) is 0 Å². The summed E-state index contributed by atoms with van der Waals surface area (Å²) in [6.07, 6.45) is 6.48. The molecule has 1 saturated carbocycles. The third-order valence-electron chi connectivity index (χ3n) is 3.41. The monoisotopic (exact) mass is 237 g/mol. The molecule has 0 aliphatic heterocycles. The van der Waals surface area contributed by atoms with Gasteiger partial charge in [-0.25, -0.2) is 4.39 Å². The minimum absolute atomic E-state index is 0.270. The Bertz CT molecular complexity index is 361. The quantitative estimate of drug-likeness (QED) is 0.813. The van der Waals surface area contributed by atoms with Gasteiger partial charge >= 0.3 is 0 Å². The summed E-state index contributed by atoms with van der Waals surface area (Å²) in [5.74, 6) is 0.397. The standard InChI is InChI=1S/C14H20FNO/c15-14-8-13(16)7-6-12(14)10-17-9-11-4-2-1-3-5-11/h6-8,11H,1-5,9-10,16H2. The fourth-order valence-electron chi connectivity index (χ4n) is 2.37. The molecule has 1 aromatic carbocycles. The highest BCUT2D eigenvalue weighted by atomic mass is 19.1. The van der Waals surface area contributed by atoms with Crippen molar-refractivity contribution in [2.45, 2.75) is 38.7 Å². The fourth-order valence-corrected chi connectivity index (χ4v) is 2.37. The van der Waals surface area contributed by atoms with E-state index in [4.69, 9.17) is 10.5 Å². The molecule has 0 radical (unpaired) electrons. The summed E-state index contributed by atoms with van der Waals surface area (Å²) < 4.78 is 19.1. The predicted octanol–water partition coefficient (Wildman–Crippen LogP) is 3.50. The van der Waals surface area contributed by atoms with Crippen LogP contribution in [0.4, 0.5) is 10.1 Å². The number of benzene rings is 1. The first-order chi connectivity index (χ1) is 8.25. The smallest absolute Gasteiger partial charge is 0.130 e. The molecule has 17 heavy (non-hydrogen) atoms. The van der Waals surface area contributed by atoms with Crippen LogP contribution < -0.4 is 5.73 Å². The third kappa shape index (κ3) is 3.70. The number of ether oxygens (including phenoxy) is 1. The summed E-state index contributed by atoms with van der Waals surface area (Å²) in [5, 5.41) is 0. The molecule has 1 fully saturated rings. The Balaban J connectivity index is 1.77. The zero-order valence-electron chi connectivity index (χ0n) is 10.1. The van der Waals surface area contributed by atoms with Crippen molar-refractivity contribution < 1.29 is 9.13 Å². The molecule has 0 spiro atoms. The van der Waals surface area contributed by atoms with Crippen LogP contribution in [0.5, 0.6) is 0 Å². The van der Waals surface area contributed by atoms with E-state index in [-0.39, 0.29) is 5.82 Å². The number of halogens is 1. The molecule has 3 heteroatoms. The van der Waals surface area contributed by atoms with E-state index < -0.39 is 0 Å². The van der Waals surface area contributed by atoms with Gasteiger partial charge in [-0.05, 0) is 30.9 Å². The van der Waals surface area contributed by atoms with Crippen molar-refractivity contribution in [2.75, 3.05) is 12.3 Å². The lowest BCUT2D eigenvalue weighted by atomic mass is 9.90. The Morgan fingerprint density at radius 2 is 2.00 bits per heavy atom. The Kier molecular flexibility index (Phi) is 4.37. The van der Waals surface area contributed by atoms with Gasteiger partial charge in [-0.1, -0.05) is 25.3 Å². The van der Waals surface area contributed by atoms with Gasteiger partial charge in [0.2, 0.25) is 0 Å². The van der Waals surface area contributed by atoms with Crippen LogP contribution in [0, 0.1) is 11.7 Å². The maximum absolute atomic E-state index is 13.5. The Morgan fingerprint density at radius 1 is 1.24 bits per heavy atom. The first-order valence-corrected chi connectivity index (χ1v) is 6.37. The highest BCUT2D eigenvalue weighted by Gasteiger charge is 2.13. The fraction of sp³-hybridized carbons (Fsp3) is 0.571. The van der Waals surface area contributed by atoms with Crippen LogP contribution in [0.3, 0.4) is 0 Å². The first-order valence-electron chi connectivity index (χ1n) is 6.37. The molecule has 0 atom stereocenters. The summed E-state index contributed by atoms with van der Waals surface area (Å²) in [5.41, 5.74) is 6.54. The highest BCUT2D eigenvalue weighted by molar-refractivity contribution is 5.40. The summed E-state index contributed by atoms with van der Waals surface area (Å²) in [6.45, 7) is 1.10. The van der Waals surface area contributed by atoms with Crippen LogP contribution in [-0.4, -0.2) is 6.61 Å². The highest BCUT2D eigenvalue weighted by Crippen LogP contribution is 2.24. The van der Waals surface area contributed by atoms with Gasteiger partial charge in [-0.15, -0.1) is 0 Å². The lowest BCUT2D eigenvalue weighted by Gasteiger charge is -2.21. The zero-order chi connectivity index (χ0) is 12.1. The molecular formula is C14H20FNO. The van der Waals surface area contributed by atoms with Crippen LogP contribution in [0.2, 0.25) is 0 Å². The van der Waals surface area contributed by atoms with Crippen LogP contribution in [0.1, 0.15) is 37.7 Å². The van der Waals surface area contributed by atoms with Crippen molar-refractivity contribution in [3.05, 3.63) is 29.6 Å². The van der Waals surface area contributed by atoms with E-state index in [1.54, 1.807) is 12.1 Å². The Morgan fingerprint density at radius 3 is 2.71 bits per heavy atom. The molecule has 0 aromatic heterocycles. The molecular weight excluding hydrogens is 217 g/mol. The molecule has 2 rings (SSSR count). The van der Waals surface area contributed by atoms with Crippen LogP contribution >= 0.6 is 0 Å².